The lowest BCUT2D eigenvalue weighted by molar-refractivity contribution is -0.137. The van der Waals surface area contributed by atoms with Crippen molar-refractivity contribution in [1.29, 1.82) is 0 Å². The minimum absolute atomic E-state index is 0.0301. The normalized spacial score (nSPS) is 24.7. The van der Waals surface area contributed by atoms with Crippen LogP contribution in [0.15, 0.2) is 42.5 Å². The van der Waals surface area contributed by atoms with Gasteiger partial charge in [-0.25, -0.2) is 4.79 Å². The Hall–Kier alpha value is -2.67. The molecule has 5 atom stereocenters. The first-order valence-electron chi connectivity index (χ1n) is 11.4. The number of carbonyl (C=O) groups excluding carboxylic acids is 4. The van der Waals surface area contributed by atoms with Crippen molar-refractivity contribution in [3.05, 3.63) is 48.0 Å². The van der Waals surface area contributed by atoms with Crippen LogP contribution in [0.2, 0.25) is 0 Å². The summed E-state index contributed by atoms with van der Waals surface area (Å²) in [5.74, 6) is -1.93. The number of imide groups is 1. The molecule has 12 nitrogen and oxygen atoms in total. The van der Waals surface area contributed by atoms with Crippen LogP contribution in [0, 0.1) is 5.92 Å². The van der Waals surface area contributed by atoms with Gasteiger partial charge in [0.2, 0.25) is 5.91 Å². The standard InChI is InChI=1S/C23H29N2O10PS/c1-31-22-17(24-18(26)10-11-25-19(27)8-9-20(25)28)12-16(21(22)35-36(30,37)32-2)14-34-23(29)33-13-15-6-4-3-5-7-15/h3-9,16-17,21-22H,10-14H2,1-2H3,(H,24,26)(H,30,37)/t16-,17-,21?,22-,36?/m1/s1. The smallest absolute Gasteiger partial charge is 0.434 e. The average molecular weight is 557 g/mol. The predicted octanol–water partition coefficient (Wildman–Crippen LogP) is 1.42. The molecular formula is C23H29N2O10PS. The number of nitrogens with one attached hydrogen (secondary N) is 1. The van der Waals surface area contributed by atoms with Crippen LogP contribution in [0.25, 0.3) is 0 Å². The Kier molecular flexibility index (Phi) is 10.3. The third-order valence-corrected chi connectivity index (χ3v) is 7.60. The second-order valence-corrected chi connectivity index (χ2v) is 11.2. The molecule has 14 heteroatoms. The topological polar surface area (TPSA) is 150 Å². The third kappa shape index (κ3) is 8.16. The number of rotatable bonds is 12. The number of benzene rings is 1. The minimum atomic E-state index is -3.63. The number of methoxy groups -OCH3 is 1. The molecule has 0 saturated heterocycles. The maximum atomic E-state index is 12.6. The van der Waals surface area contributed by atoms with E-state index >= 15 is 0 Å². The third-order valence-electron chi connectivity index (χ3n) is 5.92. The molecule has 2 N–H and O–H groups in total. The zero-order valence-electron chi connectivity index (χ0n) is 20.3. The van der Waals surface area contributed by atoms with Gasteiger partial charge in [-0.05, 0) is 23.8 Å². The van der Waals surface area contributed by atoms with Crippen LogP contribution in [-0.4, -0.2) is 79.3 Å². The molecule has 3 amide bonds. The Bertz CT molecular complexity index is 1050. The van der Waals surface area contributed by atoms with E-state index in [0.717, 1.165) is 22.6 Å². The van der Waals surface area contributed by atoms with Crippen LogP contribution in [0.1, 0.15) is 18.4 Å². The monoisotopic (exact) mass is 556 g/mol. The summed E-state index contributed by atoms with van der Waals surface area (Å²) in [6.45, 7) is -3.84. The van der Waals surface area contributed by atoms with Crippen molar-refractivity contribution in [2.75, 3.05) is 27.4 Å². The first-order valence-corrected chi connectivity index (χ1v) is 14.0. The Labute approximate surface area is 219 Å². The van der Waals surface area contributed by atoms with Crippen molar-refractivity contribution in [2.24, 2.45) is 5.92 Å². The molecule has 1 aliphatic carbocycles. The fourth-order valence-corrected chi connectivity index (χ4v) is 5.10. The first kappa shape index (κ1) is 28.9. The Morgan fingerprint density at radius 2 is 1.78 bits per heavy atom. The second kappa shape index (κ2) is 13.2. The van der Waals surface area contributed by atoms with Crippen molar-refractivity contribution in [1.82, 2.24) is 10.2 Å². The second-order valence-electron chi connectivity index (χ2n) is 8.34. The zero-order valence-corrected chi connectivity index (χ0v) is 22.0. The number of hydrogen-bond donors (Lipinski definition) is 2. The van der Waals surface area contributed by atoms with Gasteiger partial charge in [0.15, 0.2) is 0 Å². The van der Waals surface area contributed by atoms with E-state index in [0.29, 0.717) is 0 Å². The van der Waals surface area contributed by atoms with Gasteiger partial charge in [0.05, 0.1) is 6.04 Å². The van der Waals surface area contributed by atoms with E-state index in [1.54, 1.807) is 12.1 Å². The van der Waals surface area contributed by atoms with Gasteiger partial charge in [-0.3, -0.25) is 19.3 Å². The van der Waals surface area contributed by atoms with Crippen molar-refractivity contribution >= 4 is 42.4 Å². The summed E-state index contributed by atoms with van der Waals surface area (Å²) < 4.78 is 26.5. The van der Waals surface area contributed by atoms with E-state index < -0.39 is 54.8 Å². The van der Waals surface area contributed by atoms with Gasteiger partial charge in [0.1, 0.15) is 25.4 Å². The maximum Gasteiger partial charge on any atom is 0.508 e. The lowest BCUT2D eigenvalue weighted by Gasteiger charge is -2.28. The quantitative estimate of drug-likeness (QED) is 0.219. The largest absolute Gasteiger partial charge is 0.508 e. The molecular weight excluding hydrogens is 527 g/mol. The fraction of sp³-hybridized carbons (Fsp3) is 0.478. The molecule has 37 heavy (non-hydrogen) atoms. The van der Waals surface area contributed by atoms with E-state index in [9.17, 15) is 24.1 Å². The Balaban J connectivity index is 1.60. The van der Waals surface area contributed by atoms with Crippen LogP contribution >= 0.6 is 6.72 Å². The molecule has 0 bridgehead atoms. The molecule has 0 spiro atoms. The summed E-state index contributed by atoms with van der Waals surface area (Å²) in [4.78, 5) is 59.4. The average Bonchev–Trinajstić information content (AvgIpc) is 3.37. The molecule has 3 rings (SSSR count). The number of ether oxygens (including phenoxy) is 3. The maximum absolute atomic E-state index is 12.6. The molecule has 2 aliphatic rings. The van der Waals surface area contributed by atoms with Crippen LogP contribution in [-0.2, 0) is 56.1 Å². The molecule has 1 aromatic carbocycles. The summed E-state index contributed by atoms with van der Waals surface area (Å²) in [5, 5.41) is 2.80. The van der Waals surface area contributed by atoms with Crippen LogP contribution in [0.4, 0.5) is 4.79 Å². The van der Waals surface area contributed by atoms with Crippen LogP contribution < -0.4 is 5.32 Å². The van der Waals surface area contributed by atoms with Gasteiger partial charge in [-0.1, -0.05) is 30.3 Å². The van der Waals surface area contributed by atoms with Gasteiger partial charge in [-0.2, -0.15) is 0 Å². The molecule has 0 aromatic heterocycles. The first-order chi connectivity index (χ1) is 17.6. The molecule has 1 fully saturated rings. The Morgan fingerprint density at radius 1 is 1.11 bits per heavy atom. The summed E-state index contributed by atoms with van der Waals surface area (Å²) in [6.07, 6.45) is -0.121. The summed E-state index contributed by atoms with van der Waals surface area (Å²) in [5.41, 5.74) is 0.790. The highest BCUT2D eigenvalue weighted by molar-refractivity contribution is 8.07. The molecule has 1 aromatic rings. The molecule has 2 unspecified atom stereocenters. The zero-order chi connectivity index (χ0) is 27.0. The van der Waals surface area contributed by atoms with Crippen molar-refractivity contribution in [2.45, 2.75) is 37.7 Å². The number of amides is 3. The summed E-state index contributed by atoms with van der Waals surface area (Å²) >= 11 is 4.99. The molecule has 202 valence electrons. The lowest BCUT2D eigenvalue weighted by Crippen LogP contribution is -2.45. The van der Waals surface area contributed by atoms with Gasteiger partial charge < -0.3 is 33.5 Å². The number of nitrogens with zero attached hydrogens (tertiary/aromatic N) is 1. The van der Waals surface area contributed by atoms with Crippen LogP contribution in [0.5, 0.6) is 0 Å². The van der Waals surface area contributed by atoms with E-state index in [2.05, 4.69) is 5.32 Å². The van der Waals surface area contributed by atoms with Gasteiger partial charge in [0.25, 0.3) is 11.8 Å². The van der Waals surface area contributed by atoms with Gasteiger partial charge in [0, 0.05) is 45.3 Å². The SMILES string of the molecule is CO[C@H]1C(OP(O)(=S)OC)[C@@H](COC(=O)OCc2ccccc2)C[C@H]1NC(=O)CCN1C(=O)C=CC1=O. The highest BCUT2D eigenvalue weighted by Gasteiger charge is 2.48. The highest BCUT2D eigenvalue weighted by Crippen LogP contribution is 2.48. The molecule has 0 radical (unpaired) electrons. The van der Waals surface area contributed by atoms with Crippen molar-refractivity contribution in [3.63, 3.8) is 0 Å². The summed E-state index contributed by atoms with van der Waals surface area (Å²) in [7, 11) is 2.61. The van der Waals surface area contributed by atoms with Gasteiger partial charge in [-0.15, -0.1) is 0 Å². The molecule has 1 aliphatic heterocycles. The van der Waals surface area contributed by atoms with Crippen LogP contribution in [0.3, 0.4) is 0 Å². The van der Waals surface area contributed by atoms with E-state index in [1.165, 1.54) is 14.2 Å². The lowest BCUT2D eigenvalue weighted by atomic mass is 10.1. The fourth-order valence-electron chi connectivity index (χ4n) is 4.11. The van der Waals surface area contributed by atoms with Gasteiger partial charge >= 0.3 is 12.9 Å². The Morgan fingerprint density at radius 3 is 2.41 bits per heavy atom. The number of hydrogen-bond acceptors (Lipinski definition) is 10. The minimum Gasteiger partial charge on any atom is -0.434 e. The van der Waals surface area contributed by atoms with Crippen molar-refractivity contribution in [3.8, 4) is 0 Å². The number of carbonyl (C=O) groups is 4. The molecule has 1 saturated carbocycles. The predicted molar refractivity (Wildman–Crippen MR) is 132 cm³/mol. The highest BCUT2D eigenvalue weighted by atomic mass is 32.5. The van der Waals surface area contributed by atoms with E-state index in [1.807, 2.05) is 18.2 Å². The van der Waals surface area contributed by atoms with E-state index in [-0.39, 0.29) is 32.6 Å². The summed E-state index contributed by atoms with van der Waals surface area (Å²) in [6, 6.07) is 8.47. The van der Waals surface area contributed by atoms with Crippen molar-refractivity contribution < 1.29 is 47.3 Å². The molecule has 1 heterocycles. The van der Waals surface area contributed by atoms with E-state index in [4.69, 9.17) is 35.1 Å².